The van der Waals surface area contributed by atoms with Gasteiger partial charge in [-0.2, -0.15) is 0 Å². The van der Waals surface area contributed by atoms with E-state index in [1.807, 2.05) is 0 Å². The minimum Gasteiger partial charge on any atom is -0.386 e. The topological polar surface area (TPSA) is 77.5 Å². The van der Waals surface area contributed by atoms with Crippen molar-refractivity contribution in [3.63, 3.8) is 0 Å². The first-order chi connectivity index (χ1) is 16.1. The predicted molar refractivity (Wildman–Crippen MR) is 122 cm³/mol. The minimum absolute atomic E-state index is 0.0356. The van der Waals surface area contributed by atoms with Crippen LogP contribution in [0.2, 0.25) is 0 Å². The van der Waals surface area contributed by atoms with Gasteiger partial charge < -0.3 is 4.74 Å². The number of carbonyl (C=O) groups excluding carboxylic acids is 4. The van der Waals surface area contributed by atoms with Gasteiger partial charge in [-0.3, -0.25) is 9.59 Å². The maximum Gasteiger partial charge on any atom is 0.346 e. The highest BCUT2D eigenvalue weighted by molar-refractivity contribution is 6.18. The molecule has 0 aromatic heterocycles. The van der Waals surface area contributed by atoms with E-state index >= 15 is 0 Å². The van der Waals surface area contributed by atoms with Crippen LogP contribution >= 0.6 is 0 Å². The molecule has 0 unspecified atom stereocenters. The highest BCUT2D eigenvalue weighted by Gasteiger charge is 2.24. The Hall–Kier alpha value is -4.64. The molecule has 5 nitrogen and oxygen atoms in total. The monoisotopic (exact) mass is 434 g/mol. The number of hydrogen-bond donors (Lipinski definition) is 0. The summed E-state index contributed by atoms with van der Waals surface area (Å²) in [5.74, 6) is -2.67. The van der Waals surface area contributed by atoms with Gasteiger partial charge in [0.1, 0.15) is 0 Å². The average molecular weight is 434 g/mol. The summed E-state index contributed by atoms with van der Waals surface area (Å²) in [5.41, 5.74) is 0.981. The van der Waals surface area contributed by atoms with Crippen molar-refractivity contribution < 1.29 is 23.9 Å². The Morgan fingerprint density at radius 2 is 0.697 bits per heavy atom. The van der Waals surface area contributed by atoms with Gasteiger partial charge >= 0.3 is 11.9 Å². The van der Waals surface area contributed by atoms with E-state index in [2.05, 4.69) is 0 Å². The second-order valence-electron chi connectivity index (χ2n) is 7.16. The fourth-order valence-electron chi connectivity index (χ4n) is 3.40. The number of carbonyl (C=O) groups is 4. The van der Waals surface area contributed by atoms with Crippen LogP contribution in [0.4, 0.5) is 0 Å². The highest BCUT2D eigenvalue weighted by Crippen LogP contribution is 2.19. The second-order valence-corrected chi connectivity index (χ2v) is 7.16. The minimum atomic E-state index is -0.971. The highest BCUT2D eigenvalue weighted by atomic mass is 16.6. The molecular weight excluding hydrogens is 416 g/mol. The van der Waals surface area contributed by atoms with Gasteiger partial charge in [-0.1, -0.05) is 97.1 Å². The van der Waals surface area contributed by atoms with E-state index in [1.165, 1.54) is 24.3 Å². The zero-order valence-corrected chi connectivity index (χ0v) is 17.4. The molecule has 0 radical (unpaired) electrons. The van der Waals surface area contributed by atoms with Gasteiger partial charge in [0.15, 0.2) is 11.6 Å². The van der Waals surface area contributed by atoms with Gasteiger partial charge in [0.05, 0.1) is 11.1 Å². The lowest BCUT2D eigenvalue weighted by atomic mass is 9.98. The lowest BCUT2D eigenvalue weighted by molar-refractivity contribution is 0.0394. The number of ketones is 2. The van der Waals surface area contributed by atoms with Crippen LogP contribution in [-0.4, -0.2) is 23.5 Å². The van der Waals surface area contributed by atoms with E-state index in [0.29, 0.717) is 11.1 Å². The Balaban J connectivity index is 1.61. The Morgan fingerprint density at radius 1 is 0.394 bits per heavy atom. The number of rotatable bonds is 6. The zero-order chi connectivity index (χ0) is 23.2. The Kier molecular flexibility index (Phi) is 6.32. The van der Waals surface area contributed by atoms with Crippen LogP contribution in [0.25, 0.3) is 0 Å². The van der Waals surface area contributed by atoms with Crippen molar-refractivity contribution in [3.05, 3.63) is 143 Å². The summed E-state index contributed by atoms with van der Waals surface area (Å²) < 4.78 is 5.09. The molecule has 0 amide bonds. The Labute approximate surface area is 190 Å². The lowest BCUT2D eigenvalue weighted by Crippen LogP contribution is -2.19. The fourth-order valence-corrected chi connectivity index (χ4v) is 3.40. The number of ether oxygens (including phenoxy) is 1. The van der Waals surface area contributed by atoms with Crippen LogP contribution < -0.4 is 0 Å². The van der Waals surface area contributed by atoms with E-state index in [0.717, 1.165) is 0 Å². The molecule has 5 heteroatoms. The van der Waals surface area contributed by atoms with Gasteiger partial charge in [-0.25, -0.2) is 9.59 Å². The van der Waals surface area contributed by atoms with E-state index in [9.17, 15) is 19.2 Å². The molecule has 0 heterocycles. The van der Waals surface area contributed by atoms with E-state index in [1.54, 1.807) is 84.9 Å². The van der Waals surface area contributed by atoms with Gasteiger partial charge in [-0.15, -0.1) is 0 Å². The molecule has 160 valence electrons. The third-order valence-corrected chi connectivity index (χ3v) is 5.04. The predicted octanol–water partition coefficient (Wildman–Crippen LogP) is 5.15. The quantitative estimate of drug-likeness (QED) is 0.238. The van der Waals surface area contributed by atoms with Crippen molar-refractivity contribution in [3.8, 4) is 0 Å². The van der Waals surface area contributed by atoms with Crippen LogP contribution in [0.5, 0.6) is 0 Å². The molecular formula is C28H18O5. The van der Waals surface area contributed by atoms with Crippen molar-refractivity contribution >= 4 is 23.5 Å². The maximum atomic E-state index is 12.9. The van der Waals surface area contributed by atoms with Crippen LogP contribution in [0.1, 0.15) is 52.6 Å². The molecule has 0 aliphatic rings. The molecule has 0 N–H and O–H groups in total. The molecule has 0 aliphatic carbocycles. The molecule has 33 heavy (non-hydrogen) atoms. The largest absolute Gasteiger partial charge is 0.386 e. The van der Waals surface area contributed by atoms with E-state index in [-0.39, 0.29) is 33.8 Å². The second kappa shape index (κ2) is 9.66. The van der Waals surface area contributed by atoms with Crippen LogP contribution in [-0.2, 0) is 4.74 Å². The summed E-state index contributed by atoms with van der Waals surface area (Å²) in [4.78, 5) is 51.5. The molecule has 0 spiro atoms. The third kappa shape index (κ3) is 4.67. The van der Waals surface area contributed by atoms with Crippen LogP contribution in [0, 0.1) is 0 Å². The summed E-state index contributed by atoms with van der Waals surface area (Å²) in [6, 6.07) is 29.3. The molecule has 4 aromatic rings. The molecule has 0 atom stereocenters. The first-order valence-electron chi connectivity index (χ1n) is 10.2. The SMILES string of the molecule is O=C(OC(=O)c1ccccc1C(=O)c1ccccc1)c1ccccc1C(=O)c1ccccc1. The molecule has 0 aliphatic heterocycles. The van der Waals surface area contributed by atoms with Crippen molar-refractivity contribution in [2.75, 3.05) is 0 Å². The standard InChI is InChI=1S/C28H18O5/c29-25(19-11-3-1-4-12-19)21-15-7-9-17-23(21)27(31)33-28(32)24-18-10-8-16-22(24)26(30)20-13-5-2-6-14-20/h1-18H. The smallest absolute Gasteiger partial charge is 0.346 e. The summed E-state index contributed by atoms with van der Waals surface area (Å²) in [7, 11) is 0. The van der Waals surface area contributed by atoms with Crippen LogP contribution in [0.15, 0.2) is 109 Å². The molecule has 4 aromatic carbocycles. The average Bonchev–Trinajstić information content (AvgIpc) is 2.88. The first-order valence-corrected chi connectivity index (χ1v) is 10.2. The first kappa shape index (κ1) is 21.6. The number of hydrogen-bond acceptors (Lipinski definition) is 5. The van der Waals surface area contributed by atoms with Crippen molar-refractivity contribution in [2.45, 2.75) is 0 Å². The van der Waals surface area contributed by atoms with E-state index < -0.39 is 11.9 Å². The normalized spacial score (nSPS) is 10.3. The molecule has 0 saturated heterocycles. The Morgan fingerprint density at radius 3 is 1.06 bits per heavy atom. The molecule has 4 rings (SSSR count). The number of esters is 2. The zero-order valence-electron chi connectivity index (χ0n) is 17.4. The summed E-state index contributed by atoms with van der Waals surface area (Å²) in [6.45, 7) is 0. The van der Waals surface area contributed by atoms with Crippen molar-refractivity contribution in [1.29, 1.82) is 0 Å². The van der Waals surface area contributed by atoms with E-state index in [4.69, 9.17) is 4.74 Å². The molecule has 0 saturated carbocycles. The Bertz CT molecular complexity index is 1240. The van der Waals surface area contributed by atoms with Gasteiger partial charge in [0.2, 0.25) is 0 Å². The molecule has 0 bridgehead atoms. The van der Waals surface area contributed by atoms with Crippen molar-refractivity contribution in [2.24, 2.45) is 0 Å². The van der Waals surface area contributed by atoms with Gasteiger partial charge in [0.25, 0.3) is 0 Å². The maximum absolute atomic E-state index is 12.9. The van der Waals surface area contributed by atoms with Crippen LogP contribution in [0.3, 0.4) is 0 Å². The number of benzene rings is 4. The summed E-state index contributed by atoms with van der Waals surface area (Å²) in [6.07, 6.45) is 0. The summed E-state index contributed by atoms with van der Waals surface area (Å²) >= 11 is 0. The van der Waals surface area contributed by atoms with Crippen molar-refractivity contribution in [1.82, 2.24) is 0 Å². The van der Waals surface area contributed by atoms with Gasteiger partial charge in [0, 0.05) is 22.3 Å². The fraction of sp³-hybridized carbons (Fsp3) is 0. The molecule has 0 fully saturated rings. The summed E-state index contributed by atoms with van der Waals surface area (Å²) in [5, 5.41) is 0. The van der Waals surface area contributed by atoms with Gasteiger partial charge in [-0.05, 0) is 12.1 Å². The third-order valence-electron chi connectivity index (χ3n) is 5.04. The lowest BCUT2D eigenvalue weighted by Gasteiger charge is -2.10.